The van der Waals surface area contributed by atoms with E-state index < -0.39 is 6.10 Å². The van der Waals surface area contributed by atoms with Gasteiger partial charge in [-0.05, 0) is 61.1 Å². The molecule has 1 N–H and O–H groups in total. The lowest BCUT2D eigenvalue weighted by Crippen LogP contribution is -2.01. The van der Waals surface area contributed by atoms with Gasteiger partial charge in [-0.1, -0.05) is 12.1 Å². The Morgan fingerprint density at radius 3 is 2.45 bits per heavy atom. The van der Waals surface area contributed by atoms with Gasteiger partial charge in [0.15, 0.2) is 0 Å². The van der Waals surface area contributed by atoms with Crippen LogP contribution in [0.3, 0.4) is 0 Å². The SMILES string of the molecule is OC(CCc1ccncc1)c1ccc(OC2CC2)cc1. The molecule has 3 nitrogen and oxygen atoms in total. The summed E-state index contributed by atoms with van der Waals surface area (Å²) in [5.74, 6) is 0.901. The zero-order chi connectivity index (χ0) is 13.8. The van der Waals surface area contributed by atoms with Crippen molar-refractivity contribution in [3.63, 3.8) is 0 Å². The topological polar surface area (TPSA) is 42.4 Å². The lowest BCUT2D eigenvalue weighted by atomic mass is 10.0. The van der Waals surface area contributed by atoms with Gasteiger partial charge in [0.1, 0.15) is 5.75 Å². The highest BCUT2D eigenvalue weighted by molar-refractivity contribution is 5.29. The predicted octanol–water partition coefficient (Wildman–Crippen LogP) is 3.29. The molecule has 20 heavy (non-hydrogen) atoms. The van der Waals surface area contributed by atoms with E-state index >= 15 is 0 Å². The molecule has 3 heteroatoms. The van der Waals surface area contributed by atoms with Crippen molar-refractivity contribution in [3.8, 4) is 5.75 Å². The Balaban J connectivity index is 1.54. The van der Waals surface area contributed by atoms with Crippen molar-refractivity contribution >= 4 is 0 Å². The van der Waals surface area contributed by atoms with Crippen molar-refractivity contribution in [2.45, 2.75) is 37.9 Å². The first-order valence-corrected chi connectivity index (χ1v) is 7.15. The predicted molar refractivity (Wildman–Crippen MR) is 77.6 cm³/mol. The third kappa shape index (κ3) is 3.58. The second-order valence-electron chi connectivity index (χ2n) is 5.30. The molecule has 0 saturated heterocycles. The molecule has 0 radical (unpaired) electrons. The van der Waals surface area contributed by atoms with E-state index in [4.69, 9.17) is 4.74 Å². The quantitative estimate of drug-likeness (QED) is 0.875. The maximum Gasteiger partial charge on any atom is 0.119 e. The molecule has 104 valence electrons. The highest BCUT2D eigenvalue weighted by Gasteiger charge is 2.23. The van der Waals surface area contributed by atoms with E-state index in [9.17, 15) is 5.11 Å². The molecule has 1 fully saturated rings. The number of hydrogen-bond donors (Lipinski definition) is 1. The summed E-state index contributed by atoms with van der Waals surface area (Å²) >= 11 is 0. The number of aromatic nitrogens is 1. The van der Waals surface area contributed by atoms with Crippen LogP contribution in [0.25, 0.3) is 0 Å². The fourth-order valence-electron chi connectivity index (χ4n) is 2.17. The summed E-state index contributed by atoms with van der Waals surface area (Å²) in [5.41, 5.74) is 2.15. The minimum absolute atomic E-state index is 0.414. The van der Waals surface area contributed by atoms with Crippen molar-refractivity contribution < 1.29 is 9.84 Å². The molecule has 1 saturated carbocycles. The Labute approximate surface area is 119 Å². The summed E-state index contributed by atoms with van der Waals surface area (Å²) in [6.45, 7) is 0. The maximum absolute atomic E-state index is 10.2. The van der Waals surface area contributed by atoms with Crippen molar-refractivity contribution in [2.24, 2.45) is 0 Å². The largest absolute Gasteiger partial charge is 0.490 e. The van der Waals surface area contributed by atoms with E-state index in [1.165, 1.54) is 5.56 Å². The third-order valence-electron chi connectivity index (χ3n) is 3.55. The number of aryl methyl sites for hydroxylation is 1. The Hall–Kier alpha value is -1.87. The first-order valence-electron chi connectivity index (χ1n) is 7.15. The highest BCUT2D eigenvalue weighted by Crippen LogP contribution is 2.28. The number of nitrogens with zero attached hydrogens (tertiary/aromatic N) is 1. The first-order chi connectivity index (χ1) is 9.81. The van der Waals surface area contributed by atoms with Gasteiger partial charge in [-0.3, -0.25) is 4.98 Å². The minimum atomic E-state index is -0.432. The molecule has 2 aromatic rings. The van der Waals surface area contributed by atoms with Crippen LogP contribution in [0.5, 0.6) is 5.75 Å². The Morgan fingerprint density at radius 1 is 1.10 bits per heavy atom. The van der Waals surface area contributed by atoms with Crippen LogP contribution in [0.1, 0.15) is 36.5 Å². The van der Waals surface area contributed by atoms with Gasteiger partial charge in [0, 0.05) is 12.4 Å². The van der Waals surface area contributed by atoms with E-state index in [0.717, 1.165) is 30.6 Å². The number of aliphatic hydroxyl groups is 1. The summed E-state index contributed by atoms with van der Waals surface area (Å²) in [5, 5.41) is 10.2. The number of ether oxygens (including phenoxy) is 1. The summed E-state index contributed by atoms with van der Waals surface area (Å²) in [7, 11) is 0. The molecular formula is C17H19NO2. The van der Waals surface area contributed by atoms with Crippen LogP contribution in [-0.4, -0.2) is 16.2 Å². The molecule has 1 heterocycles. The summed E-state index contributed by atoms with van der Waals surface area (Å²) in [6, 6.07) is 11.8. The van der Waals surface area contributed by atoms with Gasteiger partial charge in [0.25, 0.3) is 0 Å². The second kappa shape index (κ2) is 6.06. The molecule has 0 aliphatic heterocycles. The number of aliphatic hydroxyl groups excluding tert-OH is 1. The van der Waals surface area contributed by atoms with Gasteiger partial charge in [0.2, 0.25) is 0 Å². The molecule has 1 aliphatic carbocycles. The molecule has 1 aliphatic rings. The van der Waals surface area contributed by atoms with Crippen LogP contribution in [-0.2, 0) is 6.42 Å². The lowest BCUT2D eigenvalue weighted by molar-refractivity contribution is 0.167. The Bertz CT molecular complexity index is 535. The summed E-state index contributed by atoms with van der Waals surface area (Å²) < 4.78 is 5.70. The number of hydrogen-bond acceptors (Lipinski definition) is 3. The second-order valence-corrected chi connectivity index (χ2v) is 5.30. The van der Waals surface area contributed by atoms with Crippen molar-refractivity contribution in [1.82, 2.24) is 4.98 Å². The molecule has 3 rings (SSSR count). The van der Waals surface area contributed by atoms with Gasteiger partial charge < -0.3 is 9.84 Å². The van der Waals surface area contributed by atoms with Crippen molar-refractivity contribution in [1.29, 1.82) is 0 Å². The molecule has 0 spiro atoms. The third-order valence-corrected chi connectivity index (χ3v) is 3.55. The van der Waals surface area contributed by atoms with Crippen LogP contribution < -0.4 is 4.74 Å². The van der Waals surface area contributed by atoms with Crippen molar-refractivity contribution in [3.05, 3.63) is 59.9 Å². The molecule has 1 aromatic heterocycles. The smallest absolute Gasteiger partial charge is 0.119 e. The van der Waals surface area contributed by atoms with E-state index in [0.29, 0.717) is 12.5 Å². The number of benzene rings is 1. The van der Waals surface area contributed by atoms with Crippen molar-refractivity contribution in [2.75, 3.05) is 0 Å². The number of pyridine rings is 1. The van der Waals surface area contributed by atoms with E-state index in [-0.39, 0.29) is 0 Å². The lowest BCUT2D eigenvalue weighted by Gasteiger charge is -2.12. The maximum atomic E-state index is 10.2. The van der Waals surface area contributed by atoms with Gasteiger partial charge in [-0.15, -0.1) is 0 Å². The molecule has 0 bridgehead atoms. The Kier molecular flexibility index (Phi) is 3.97. The molecule has 1 aromatic carbocycles. The summed E-state index contributed by atoms with van der Waals surface area (Å²) in [4.78, 5) is 3.99. The minimum Gasteiger partial charge on any atom is -0.490 e. The standard InChI is InChI=1S/C17H19NO2/c19-17(8-1-13-9-11-18-12-10-13)14-2-4-15(5-3-14)20-16-6-7-16/h2-5,9-12,16-17,19H,1,6-8H2. The molecule has 1 unspecified atom stereocenters. The van der Waals surface area contributed by atoms with Crippen LogP contribution >= 0.6 is 0 Å². The Morgan fingerprint density at radius 2 is 1.80 bits per heavy atom. The fraction of sp³-hybridized carbons (Fsp3) is 0.353. The zero-order valence-corrected chi connectivity index (χ0v) is 11.4. The van der Waals surface area contributed by atoms with Crippen LogP contribution in [0.4, 0.5) is 0 Å². The summed E-state index contributed by atoms with van der Waals surface area (Å²) in [6.07, 6.45) is 7.44. The van der Waals surface area contributed by atoms with E-state index in [1.54, 1.807) is 12.4 Å². The molecule has 1 atom stereocenters. The van der Waals surface area contributed by atoms with Crippen LogP contribution in [0, 0.1) is 0 Å². The fourth-order valence-corrected chi connectivity index (χ4v) is 2.17. The average Bonchev–Trinajstić information content (AvgIpc) is 3.31. The van der Waals surface area contributed by atoms with Gasteiger partial charge >= 0.3 is 0 Å². The first kappa shape index (κ1) is 13.1. The molecule has 0 amide bonds. The molecular weight excluding hydrogens is 250 g/mol. The zero-order valence-electron chi connectivity index (χ0n) is 11.4. The van der Waals surface area contributed by atoms with E-state index in [2.05, 4.69) is 4.98 Å². The van der Waals surface area contributed by atoms with Gasteiger partial charge in [-0.2, -0.15) is 0 Å². The number of rotatable bonds is 6. The van der Waals surface area contributed by atoms with Gasteiger partial charge in [-0.25, -0.2) is 0 Å². The van der Waals surface area contributed by atoms with Gasteiger partial charge in [0.05, 0.1) is 12.2 Å². The van der Waals surface area contributed by atoms with Crippen LogP contribution in [0.15, 0.2) is 48.8 Å². The highest BCUT2D eigenvalue weighted by atomic mass is 16.5. The average molecular weight is 269 g/mol. The monoisotopic (exact) mass is 269 g/mol. The van der Waals surface area contributed by atoms with E-state index in [1.807, 2.05) is 36.4 Å². The van der Waals surface area contributed by atoms with Crippen LogP contribution in [0.2, 0.25) is 0 Å². The normalized spacial score (nSPS) is 15.8.